The van der Waals surface area contributed by atoms with Gasteiger partial charge in [-0.05, 0) is 12.1 Å². The van der Waals surface area contributed by atoms with Gasteiger partial charge in [0, 0.05) is 37.1 Å². The molecule has 0 N–H and O–H groups in total. The highest BCUT2D eigenvalue weighted by Crippen LogP contribution is 2.22. The number of hydrogen-bond donors (Lipinski definition) is 0. The summed E-state index contributed by atoms with van der Waals surface area (Å²) < 4.78 is 7.24. The Morgan fingerprint density at radius 1 is 1.38 bits per heavy atom. The van der Waals surface area contributed by atoms with Crippen LogP contribution < -0.4 is 4.90 Å². The summed E-state index contributed by atoms with van der Waals surface area (Å²) in [5.74, 6) is 1.43. The maximum Gasteiger partial charge on any atom is 0.324 e. The average molecular weight is 304 g/mol. The van der Waals surface area contributed by atoms with Gasteiger partial charge in [-0.1, -0.05) is 28.9 Å². The third kappa shape index (κ3) is 2.90. The highest BCUT2D eigenvalue weighted by molar-refractivity contribution is 6.30. The number of aromatic nitrogens is 4. The van der Waals surface area contributed by atoms with Crippen molar-refractivity contribution in [1.29, 1.82) is 0 Å². The molecular formula is C14H14ClN5O. The third-order valence-electron chi connectivity index (χ3n) is 3.12. The fraction of sp³-hybridized carbons (Fsp3) is 0.214. The largest absolute Gasteiger partial charge is 0.337 e. The maximum absolute atomic E-state index is 5.97. The van der Waals surface area contributed by atoms with E-state index in [1.54, 1.807) is 18.3 Å². The Labute approximate surface area is 127 Å². The number of imidazole rings is 1. The van der Waals surface area contributed by atoms with Gasteiger partial charge in [-0.3, -0.25) is 0 Å². The summed E-state index contributed by atoms with van der Waals surface area (Å²) in [6, 6.07) is 7.78. The standard InChI is InChI=1S/C14H14ClN5O/c1-19-7-6-16-12(19)9-20(2)14-17-13(18-21-14)10-4-3-5-11(15)8-10/h3-8H,9H2,1-2H3. The van der Waals surface area contributed by atoms with Crippen molar-refractivity contribution < 1.29 is 4.52 Å². The topological polar surface area (TPSA) is 60.0 Å². The SMILES string of the molecule is CN(Cc1nccn1C)c1nc(-c2cccc(Cl)c2)no1. The zero-order chi connectivity index (χ0) is 14.8. The van der Waals surface area contributed by atoms with Crippen molar-refractivity contribution in [1.82, 2.24) is 19.7 Å². The molecule has 6 nitrogen and oxygen atoms in total. The molecule has 7 heteroatoms. The Morgan fingerprint density at radius 3 is 2.95 bits per heavy atom. The van der Waals surface area contributed by atoms with E-state index in [0.717, 1.165) is 11.4 Å². The van der Waals surface area contributed by atoms with Gasteiger partial charge in [0.25, 0.3) is 0 Å². The summed E-state index contributed by atoms with van der Waals surface area (Å²) in [5, 5.41) is 4.63. The number of anilines is 1. The van der Waals surface area contributed by atoms with Gasteiger partial charge in [0.2, 0.25) is 5.82 Å². The van der Waals surface area contributed by atoms with Crippen LogP contribution >= 0.6 is 11.6 Å². The van der Waals surface area contributed by atoms with Gasteiger partial charge in [0.05, 0.1) is 6.54 Å². The molecule has 0 unspecified atom stereocenters. The number of hydrogen-bond acceptors (Lipinski definition) is 5. The zero-order valence-electron chi connectivity index (χ0n) is 11.7. The predicted octanol–water partition coefficient (Wildman–Crippen LogP) is 2.76. The van der Waals surface area contributed by atoms with E-state index in [1.807, 2.05) is 41.9 Å². The van der Waals surface area contributed by atoms with E-state index < -0.39 is 0 Å². The van der Waals surface area contributed by atoms with E-state index in [0.29, 0.717) is 23.4 Å². The lowest BCUT2D eigenvalue weighted by atomic mass is 10.2. The Balaban J connectivity index is 1.80. The number of nitrogens with zero attached hydrogens (tertiary/aromatic N) is 5. The Morgan fingerprint density at radius 2 is 2.24 bits per heavy atom. The lowest BCUT2D eigenvalue weighted by Gasteiger charge is -2.12. The van der Waals surface area contributed by atoms with E-state index in [4.69, 9.17) is 16.1 Å². The summed E-state index contributed by atoms with van der Waals surface area (Å²) >= 11 is 5.97. The van der Waals surface area contributed by atoms with E-state index >= 15 is 0 Å². The van der Waals surface area contributed by atoms with Crippen LogP contribution in [0.5, 0.6) is 0 Å². The van der Waals surface area contributed by atoms with Gasteiger partial charge < -0.3 is 14.0 Å². The molecule has 3 aromatic rings. The molecule has 3 rings (SSSR count). The summed E-state index contributed by atoms with van der Waals surface area (Å²) in [7, 11) is 3.82. The second kappa shape index (κ2) is 5.57. The van der Waals surface area contributed by atoms with Crippen molar-refractivity contribution in [3.05, 3.63) is 47.5 Å². The van der Waals surface area contributed by atoms with Gasteiger partial charge in [-0.25, -0.2) is 4.98 Å². The maximum atomic E-state index is 5.97. The van der Waals surface area contributed by atoms with Crippen LogP contribution in [0.25, 0.3) is 11.4 Å². The first-order valence-corrected chi connectivity index (χ1v) is 6.78. The molecule has 0 amide bonds. The van der Waals surface area contributed by atoms with Crippen molar-refractivity contribution in [2.75, 3.05) is 11.9 Å². The van der Waals surface area contributed by atoms with Crippen LogP contribution in [-0.4, -0.2) is 26.7 Å². The molecule has 0 atom stereocenters. The molecule has 0 fully saturated rings. The third-order valence-corrected chi connectivity index (χ3v) is 3.36. The smallest absolute Gasteiger partial charge is 0.324 e. The van der Waals surface area contributed by atoms with Crippen LogP contribution in [0.15, 0.2) is 41.2 Å². The van der Waals surface area contributed by atoms with E-state index in [9.17, 15) is 0 Å². The zero-order valence-corrected chi connectivity index (χ0v) is 12.4. The van der Waals surface area contributed by atoms with Crippen molar-refractivity contribution in [2.24, 2.45) is 7.05 Å². The molecule has 0 saturated heterocycles. The van der Waals surface area contributed by atoms with Crippen molar-refractivity contribution >= 4 is 17.6 Å². The number of benzene rings is 1. The molecular weight excluding hydrogens is 290 g/mol. The Kier molecular flexibility index (Phi) is 3.62. The van der Waals surface area contributed by atoms with E-state index in [2.05, 4.69) is 15.1 Å². The Bertz CT molecular complexity index is 751. The van der Waals surface area contributed by atoms with Crippen LogP contribution in [0, 0.1) is 0 Å². The van der Waals surface area contributed by atoms with Gasteiger partial charge in [-0.15, -0.1) is 0 Å². The van der Waals surface area contributed by atoms with Gasteiger partial charge in [0.1, 0.15) is 5.82 Å². The Hall–Kier alpha value is -2.34. The molecule has 0 radical (unpaired) electrons. The van der Waals surface area contributed by atoms with Gasteiger partial charge >= 0.3 is 6.01 Å². The molecule has 0 aliphatic heterocycles. The lowest BCUT2D eigenvalue weighted by Crippen LogP contribution is -2.19. The molecule has 21 heavy (non-hydrogen) atoms. The first-order valence-electron chi connectivity index (χ1n) is 6.40. The molecule has 0 aliphatic carbocycles. The lowest BCUT2D eigenvalue weighted by molar-refractivity contribution is 0.417. The quantitative estimate of drug-likeness (QED) is 0.741. The second-order valence-electron chi connectivity index (χ2n) is 4.72. The van der Waals surface area contributed by atoms with E-state index in [-0.39, 0.29) is 0 Å². The minimum absolute atomic E-state index is 0.438. The van der Waals surface area contributed by atoms with Gasteiger partial charge in [0.15, 0.2) is 0 Å². The van der Waals surface area contributed by atoms with Crippen LogP contribution in [-0.2, 0) is 13.6 Å². The fourth-order valence-corrected chi connectivity index (χ4v) is 2.13. The first kappa shape index (κ1) is 13.6. The number of aryl methyl sites for hydroxylation is 1. The summed E-state index contributed by atoms with van der Waals surface area (Å²) in [4.78, 5) is 10.5. The summed E-state index contributed by atoms with van der Waals surface area (Å²) in [5.41, 5.74) is 0.822. The molecule has 0 spiro atoms. The van der Waals surface area contributed by atoms with Crippen LogP contribution in [0.3, 0.4) is 0 Å². The highest BCUT2D eigenvalue weighted by atomic mass is 35.5. The molecule has 0 bridgehead atoms. The number of rotatable bonds is 4. The van der Waals surface area contributed by atoms with Crippen molar-refractivity contribution in [2.45, 2.75) is 6.54 Å². The van der Waals surface area contributed by atoms with Crippen molar-refractivity contribution in [3.63, 3.8) is 0 Å². The monoisotopic (exact) mass is 303 g/mol. The van der Waals surface area contributed by atoms with Crippen LogP contribution in [0.2, 0.25) is 5.02 Å². The molecule has 0 saturated carbocycles. The number of halogens is 1. The fourth-order valence-electron chi connectivity index (χ4n) is 1.94. The molecule has 2 aromatic heterocycles. The normalized spacial score (nSPS) is 10.8. The second-order valence-corrected chi connectivity index (χ2v) is 5.16. The molecule has 108 valence electrons. The van der Waals surface area contributed by atoms with E-state index in [1.165, 1.54) is 0 Å². The van der Waals surface area contributed by atoms with Crippen molar-refractivity contribution in [3.8, 4) is 11.4 Å². The minimum Gasteiger partial charge on any atom is -0.337 e. The van der Waals surface area contributed by atoms with Crippen LogP contribution in [0.4, 0.5) is 6.01 Å². The van der Waals surface area contributed by atoms with Gasteiger partial charge in [-0.2, -0.15) is 4.98 Å². The molecule has 1 aromatic carbocycles. The summed E-state index contributed by atoms with van der Waals surface area (Å²) in [6.07, 6.45) is 3.66. The molecule has 2 heterocycles. The summed E-state index contributed by atoms with van der Waals surface area (Å²) in [6.45, 7) is 0.584. The molecule has 0 aliphatic rings. The first-order chi connectivity index (χ1) is 10.1. The minimum atomic E-state index is 0.438. The van der Waals surface area contributed by atoms with Crippen LogP contribution in [0.1, 0.15) is 5.82 Å². The average Bonchev–Trinajstić information content (AvgIpc) is 3.09. The highest BCUT2D eigenvalue weighted by Gasteiger charge is 2.14. The predicted molar refractivity (Wildman–Crippen MR) is 80.1 cm³/mol.